The van der Waals surface area contributed by atoms with Crippen LogP contribution in [0.2, 0.25) is 5.02 Å². The van der Waals surface area contributed by atoms with Crippen molar-refractivity contribution in [1.29, 1.82) is 0 Å². The summed E-state index contributed by atoms with van der Waals surface area (Å²) in [6, 6.07) is 20.8. The fourth-order valence-corrected chi connectivity index (χ4v) is 6.23. The lowest BCUT2D eigenvalue weighted by molar-refractivity contribution is 0.0744. The molecule has 0 saturated heterocycles. The summed E-state index contributed by atoms with van der Waals surface area (Å²) in [5.74, 6) is -0.164. The van der Waals surface area contributed by atoms with Crippen LogP contribution >= 0.6 is 11.6 Å². The van der Waals surface area contributed by atoms with Crippen LogP contribution in [0.3, 0.4) is 0 Å². The minimum absolute atomic E-state index is 0.0571. The number of benzene rings is 3. The molecule has 2 amide bonds. The summed E-state index contributed by atoms with van der Waals surface area (Å²) in [6.07, 6.45) is 4.56. The Morgan fingerprint density at radius 1 is 0.898 bits per heavy atom. The minimum Gasteiger partial charge on any atom is -0.476 e. The van der Waals surface area contributed by atoms with E-state index in [0.717, 1.165) is 49.8 Å². The van der Waals surface area contributed by atoms with E-state index in [4.69, 9.17) is 21.4 Å². The normalized spacial score (nSPS) is 13.9. The van der Waals surface area contributed by atoms with Crippen LogP contribution in [-0.4, -0.2) is 77.0 Å². The number of hydrogen-bond acceptors (Lipinski definition) is 6. The van der Waals surface area contributed by atoms with Crippen LogP contribution in [0.1, 0.15) is 88.8 Å². The Bertz CT molecular complexity index is 1810. The van der Waals surface area contributed by atoms with Gasteiger partial charge in [-0.15, -0.1) is 0 Å². The fraction of sp³-hybridized carbons (Fsp3) is 0.385. The van der Waals surface area contributed by atoms with Crippen molar-refractivity contribution in [3.05, 3.63) is 99.7 Å². The number of rotatable bonds is 14. The number of halogens is 1. The zero-order valence-electron chi connectivity index (χ0n) is 29.1. The average Bonchev–Trinajstić information content (AvgIpc) is 3.54. The molecule has 0 bridgehead atoms. The molecule has 2 heterocycles. The SMILES string of the molecule is CCCCN(CCCC)C(=O)c1cc(OCC2Cc3ccccc3CN2)n(-c2ccc(-c3ccc(Cl)c(C(=O)N(C)C)c3)cc2C(C)=O)n1. The molecule has 1 unspecified atom stereocenters. The molecule has 1 aromatic heterocycles. The second-order valence-corrected chi connectivity index (χ2v) is 13.2. The van der Waals surface area contributed by atoms with E-state index in [1.54, 1.807) is 43.0 Å². The van der Waals surface area contributed by atoms with Crippen LogP contribution in [-0.2, 0) is 13.0 Å². The molecule has 1 N–H and O–H groups in total. The fourth-order valence-electron chi connectivity index (χ4n) is 6.04. The second-order valence-electron chi connectivity index (χ2n) is 12.8. The molecule has 0 aliphatic carbocycles. The van der Waals surface area contributed by atoms with Gasteiger partial charge >= 0.3 is 0 Å². The number of carbonyl (C=O) groups is 3. The molecule has 10 heteroatoms. The summed E-state index contributed by atoms with van der Waals surface area (Å²) in [5, 5.41) is 8.70. The quantitative estimate of drug-likeness (QED) is 0.141. The monoisotopic (exact) mass is 683 g/mol. The van der Waals surface area contributed by atoms with E-state index in [-0.39, 0.29) is 29.3 Å². The van der Waals surface area contributed by atoms with E-state index in [0.29, 0.717) is 47.4 Å². The predicted octanol–water partition coefficient (Wildman–Crippen LogP) is 7.23. The highest BCUT2D eigenvalue weighted by Crippen LogP contribution is 2.31. The van der Waals surface area contributed by atoms with Crippen molar-refractivity contribution in [2.75, 3.05) is 33.8 Å². The summed E-state index contributed by atoms with van der Waals surface area (Å²) < 4.78 is 8.02. The van der Waals surface area contributed by atoms with E-state index in [2.05, 4.69) is 37.4 Å². The van der Waals surface area contributed by atoms with Gasteiger partial charge in [-0.25, -0.2) is 0 Å². The van der Waals surface area contributed by atoms with Crippen LogP contribution in [0.15, 0.2) is 66.7 Å². The van der Waals surface area contributed by atoms with Gasteiger partial charge in [-0.1, -0.05) is 74.7 Å². The molecule has 1 aliphatic rings. The van der Waals surface area contributed by atoms with Gasteiger partial charge in [0, 0.05) is 51.4 Å². The third kappa shape index (κ3) is 8.40. The Kier molecular flexibility index (Phi) is 11.9. The van der Waals surface area contributed by atoms with Crippen molar-refractivity contribution < 1.29 is 19.1 Å². The highest BCUT2D eigenvalue weighted by atomic mass is 35.5. The molecule has 5 rings (SSSR count). The highest BCUT2D eigenvalue weighted by molar-refractivity contribution is 6.34. The number of nitrogens with zero attached hydrogens (tertiary/aromatic N) is 4. The first kappa shape index (κ1) is 35.8. The van der Waals surface area contributed by atoms with Crippen LogP contribution in [0, 0.1) is 0 Å². The molecule has 0 radical (unpaired) electrons. The Balaban J connectivity index is 1.53. The van der Waals surface area contributed by atoms with Gasteiger partial charge in [0.15, 0.2) is 11.5 Å². The molecule has 0 fully saturated rings. The number of aromatic nitrogens is 2. The number of ether oxygens (including phenoxy) is 1. The Morgan fingerprint density at radius 2 is 1.55 bits per heavy atom. The molecule has 4 aromatic rings. The van der Waals surface area contributed by atoms with E-state index < -0.39 is 0 Å². The Hall–Kier alpha value is -4.47. The van der Waals surface area contributed by atoms with E-state index in [1.807, 2.05) is 29.2 Å². The molecule has 258 valence electrons. The van der Waals surface area contributed by atoms with Crippen molar-refractivity contribution in [3.63, 3.8) is 0 Å². The lowest BCUT2D eigenvalue weighted by Gasteiger charge is -2.26. The molecule has 0 saturated carbocycles. The van der Waals surface area contributed by atoms with Crippen molar-refractivity contribution in [2.45, 2.75) is 65.5 Å². The van der Waals surface area contributed by atoms with Gasteiger partial charge in [-0.2, -0.15) is 9.78 Å². The Morgan fingerprint density at radius 3 is 2.20 bits per heavy atom. The maximum Gasteiger partial charge on any atom is 0.274 e. The average molecular weight is 684 g/mol. The van der Waals surface area contributed by atoms with Gasteiger partial charge in [0.1, 0.15) is 6.61 Å². The maximum atomic E-state index is 13.9. The van der Waals surface area contributed by atoms with Gasteiger partial charge in [-0.3, -0.25) is 14.4 Å². The molecule has 1 atom stereocenters. The molecular weight excluding hydrogens is 638 g/mol. The second kappa shape index (κ2) is 16.3. The topological polar surface area (TPSA) is 96.8 Å². The smallest absolute Gasteiger partial charge is 0.274 e. The number of unbranched alkanes of at least 4 members (excludes halogenated alkanes) is 2. The number of nitrogens with one attached hydrogen (secondary N) is 1. The first-order valence-corrected chi connectivity index (χ1v) is 17.5. The summed E-state index contributed by atoms with van der Waals surface area (Å²) >= 11 is 6.38. The number of carbonyl (C=O) groups excluding carboxylic acids is 3. The maximum absolute atomic E-state index is 13.9. The van der Waals surface area contributed by atoms with Crippen molar-refractivity contribution in [3.8, 4) is 22.7 Å². The van der Waals surface area contributed by atoms with Crippen molar-refractivity contribution in [2.24, 2.45) is 0 Å². The van der Waals surface area contributed by atoms with Crippen LogP contribution < -0.4 is 10.1 Å². The summed E-state index contributed by atoms with van der Waals surface area (Å²) in [6.45, 7) is 8.12. The lowest BCUT2D eigenvalue weighted by Crippen LogP contribution is -2.40. The van der Waals surface area contributed by atoms with Gasteiger partial charge < -0.3 is 19.9 Å². The van der Waals surface area contributed by atoms with Crippen LogP contribution in [0.25, 0.3) is 16.8 Å². The van der Waals surface area contributed by atoms with Crippen molar-refractivity contribution in [1.82, 2.24) is 24.9 Å². The van der Waals surface area contributed by atoms with E-state index in [9.17, 15) is 14.4 Å². The zero-order valence-corrected chi connectivity index (χ0v) is 29.8. The Labute approximate surface area is 294 Å². The third-order valence-electron chi connectivity index (χ3n) is 8.88. The number of amides is 2. The predicted molar refractivity (Wildman–Crippen MR) is 194 cm³/mol. The molecule has 9 nitrogen and oxygen atoms in total. The van der Waals surface area contributed by atoms with Gasteiger partial charge in [0.05, 0.1) is 16.3 Å². The van der Waals surface area contributed by atoms with Crippen LogP contribution in [0.4, 0.5) is 0 Å². The first-order chi connectivity index (χ1) is 23.6. The minimum atomic E-state index is -0.214. The number of fused-ring (bicyclic) bond motifs is 1. The summed E-state index contributed by atoms with van der Waals surface area (Å²) in [7, 11) is 3.35. The lowest BCUT2D eigenvalue weighted by atomic mass is 9.96. The van der Waals surface area contributed by atoms with Crippen molar-refractivity contribution >= 4 is 29.2 Å². The molecule has 49 heavy (non-hydrogen) atoms. The molecule has 1 aliphatic heterocycles. The molecule has 0 spiro atoms. The first-order valence-electron chi connectivity index (χ1n) is 17.1. The van der Waals surface area contributed by atoms with E-state index in [1.165, 1.54) is 23.0 Å². The zero-order chi connectivity index (χ0) is 35.1. The van der Waals surface area contributed by atoms with Gasteiger partial charge in [-0.05, 0) is 72.7 Å². The number of hydrogen-bond donors (Lipinski definition) is 1. The standard InChI is InChI=1S/C39H46ClN5O4/c1-6-8-18-44(19-9-7-2)39(48)35-23-37(49-25-31-20-27-12-10-11-13-30(27)24-41-31)45(42-35)36-17-15-29(21-32(36)26(3)46)28-14-16-34(40)33(22-28)38(47)43(4)5/h10-17,21-23,31,41H,6-9,18-20,24-25H2,1-5H3. The van der Waals surface area contributed by atoms with E-state index >= 15 is 0 Å². The van der Waals surface area contributed by atoms with Gasteiger partial charge in [0.2, 0.25) is 5.88 Å². The number of Topliss-reactive ketones (excluding diaryl/α,β-unsaturated/α-hetero) is 1. The number of ketones is 1. The summed E-state index contributed by atoms with van der Waals surface area (Å²) in [5.41, 5.74) is 5.58. The van der Waals surface area contributed by atoms with Gasteiger partial charge in [0.25, 0.3) is 11.8 Å². The third-order valence-corrected chi connectivity index (χ3v) is 9.21. The summed E-state index contributed by atoms with van der Waals surface area (Å²) in [4.78, 5) is 43.2. The largest absolute Gasteiger partial charge is 0.476 e. The molecule has 3 aromatic carbocycles. The highest BCUT2D eigenvalue weighted by Gasteiger charge is 2.25. The van der Waals surface area contributed by atoms with Crippen LogP contribution in [0.5, 0.6) is 5.88 Å². The molecular formula is C39H46ClN5O4.